The highest BCUT2D eigenvalue weighted by Gasteiger charge is 2.23. The highest BCUT2D eigenvalue weighted by molar-refractivity contribution is 5.19. The van der Waals surface area contributed by atoms with Gasteiger partial charge in [0, 0.05) is 19.2 Å². The maximum Gasteiger partial charge on any atom is 0.129 e. The van der Waals surface area contributed by atoms with Gasteiger partial charge in [-0.15, -0.1) is 0 Å². The van der Waals surface area contributed by atoms with Crippen molar-refractivity contribution in [3.63, 3.8) is 0 Å². The third-order valence-corrected chi connectivity index (χ3v) is 3.01. The van der Waals surface area contributed by atoms with Gasteiger partial charge in [-0.2, -0.15) is 0 Å². The van der Waals surface area contributed by atoms with Crippen molar-refractivity contribution in [2.24, 2.45) is 5.84 Å². The van der Waals surface area contributed by atoms with Gasteiger partial charge in [-0.1, -0.05) is 6.07 Å². The van der Waals surface area contributed by atoms with Crippen LogP contribution in [-0.2, 0) is 11.2 Å². The van der Waals surface area contributed by atoms with Gasteiger partial charge in [0.25, 0.3) is 0 Å². The summed E-state index contributed by atoms with van der Waals surface area (Å²) >= 11 is 0. The quantitative estimate of drug-likeness (QED) is 0.607. The van der Waals surface area contributed by atoms with Crippen molar-refractivity contribution in [3.8, 4) is 0 Å². The Morgan fingerprint density at radius 2 is 2.06 bits per heavy atom. The van der Waals surface area contributed by atoms with Crippen LogP contribution in [0.25, 0.3) is 0 Å². The van der Waals surface area contributed by atoms with Gasteiger partial charge in [-0.3, -0.25) is 11.3 Å². The van der Waals surface area contributed by atoms with Crippen LogP contribution in [0.1, 0.15) is 25.8 Å². The first-order valence-corrected chi connectivity index (χ1v) is 5.83. The van der Waals surface area contributed by atoms with E-state index in [1.54, 1.807) is 7.11 Å². The second kappa shape index (κ2) is 6.22. The molecule has 0 aliphatic heterocycles. The molecule has 0 heterocycles. The Balaban J connectivity index is 2.74. The van der Waals surface area contributed by atoms with Crippen LogP contribution in [0.15, 0.2) is 18.2 Å². The lowest BCUT2D eigenvalue weighted by Crippen LogP contribution is -2.42. The number of benzene rings is 1. The minimum absolute atomic E-state index is 0.139. The number of halogens is 2. The summed E-state index contributed by atoms with van der Waals surface area (Å²) in [5.74, 6) is 4.33. The minimum Gasteiger partial charge on any atom is -0.379 e. The normalized spacial score (nSPS) is 13.7. The molecule has 0 aliphatic carbocycles. The van der Waals surface area contributed by atoms with Crippen molar-refractivity contribution in [1.29, 1.82) is 0 Å². The average Bonchev–Trinajstić information content (AvgIpc) is 2.31. The van der Waals surface area contributed by atoms with Crippen molar-refractivity contribution < 1.29 is 13.5 Å². The van der Waals surface area contributed by atoms with Gasteiger partial charge in [-0.05, 0) is 38.3 Å². The lowest BCUT2D eigenvalue weighted by molar-refractivity contribution is 0.00704. The third kappa shape index (κ3) is 4.33. The van der Waals surface area contributed by atoms with E-state index in [1.165, 1.54) is 12.1 Å². The molecule has 3 nitrogen and oxygen atoms in total. The van der Waals surface area contributed by atoms with Crippen LogP contribution in [0.3, 0.4) is 0 Å². The number of ether oxygens (including phenoxy) is 1. The molecular formula is C13H20F2N2O. The summed E-state index contributed by atoms with van der Waals surface area (Å²) in [6.07, 6.45) is 1.01. The van der Waals surface area contributed by atoms with Crippen LogP contribution in [0, 0.1) is 11.6 Å². The van der Waals surface area contributed by atoms with Gasteiger partial charge in [0.15, 0.2) is 0 Å². The van der Waals surface area contributed by atoms with E-state index in [-0.39, 0.29) is 11.6 Å². The van der Waals surface area contributed by atoms with Crippen molar-refractivity contribution in [2.75, 3.05) is 7.11 Å². The number of nitrogens with one attached hydrogen (secondary N) is 1. The van der Waals surface area contributed by atoms with Crippen molar-refractivity contribution >= 4 is 0 Å². The Bertz CT molecular complexity index is 397. The number of methoxy groups -OCH3 is 1. The third-order valence-electron chi connectivity index (χ3n) is 3.01. The molecule has 5 heteroatoms. The van der Waals surface area contributed by atoms with Crippen LogP contribution in [0.5, 0.6) is 0 Å². The lowest BCUT2D eigenvalue weighted by Gasteiger charge is -2.28. The average molecular weight is 258 g/mol. The summed E-state index contributed by atoms with van der Waals surface area (Å²) in [5.41, 5.74) is 2.73. The Hall–Kier alpha value is -1.04. The number of nitrogens with two attached hydrogens (primary N) is 1. The Morgan fingerprint density at radius 1 is 1.39 bits per heavy atom. The van der Waals surface area contributed by atoms with Crippen LogP contribution in [0.2, 0.25) is 0 Å². The van der Waals surface area contributed by atoms with E-state index >= 15 is 0 Å². The highest BCUT2D eigenvalue weighted by atomic mass is 19.1. The number of hydrogen-bond acceptors (Lipinski definition) is 3. The van der Waals surface area contributed by atoms with Crippen molar-refractivity contribution in [2.45, 2.75) is 38.3 Å². The number of hydrazine groups is 1. The zero-order valence-corrected chi connectivity index (χ0v) is 11.0. The molecule has 0 bridgehead atoms. The van der Waals surface area contributed by atoms with Crippen LogP contribution in [0.4, 0.5) is 8.78 Å². The minimum atomic E-state index is -0.578. The first-order chi connectivity index (χ1) is 8.38. The molecule has 1 rings (SSSR count). The molecule has 0 amide bonds. The summed E-state index contributed by atoms with van der Waals surface area (Å²) in [6.45, 7) is 3.86. The molecule has 18 heavy (non-hydrogen) atoms. The van der Waals surface area contributed by atoms with Crippen molar-refractivity contribution in [3.05, 3.63) is 35.4 Å². The topological polar surface area (TPSA) is 47.3 Å². The largest absolute Gasteiger partial charge is 0.379 e. The fourth-order valence-electron chi connectivity index (χ4n) is 1.82. The molecule has 0 radical (unpaired) electrons. The molecule has 1 atom stereocenters. The van der Waals surface area contributed by atoms with E-state index in [0.717, 1.165) is 6.07 Å². The predicted octanol–water partition coefficient (Wildman–Crippen LogP) is 2.15. The second-order valence-corrected chi connectivity index (χ2v) is 4.97. The maximum atomic E-state index is 13.5. The molecule has 0 aliphatic rings. The molecule has 0 aromatic heterocycles. The molecule has 1 aromatic carbocycles. The first kappa shape index (κ1) is 15.0. The standard InChI is InChI=1S/C13H20F2N2O/c1-13(2,18-3)8-11(17-16)6-9-4-5-10(14)7-12(9)15/h4-5,7,11,17H,6,8,16H2,1-3H3. The molecule has 0 saturated heterocycles. The number of rotatable bonds is 6. The summed E-state index contributed by atoms with van der Waals surface area (Å²) in [4.78, 5) is 0. The maximum absolute atomic E-state index is 13.5. The van der Waals surface area contributed by atoms with Gasteiger partial charge in [-0.25, -0.2) is 8.78 Å². The molecule has 0 spiro atoms. The molecule has 1 unspecified atom stereocenters. The zero-order chi connectivity index (χ0) is 13.8. The second-order valence-electron chi connectivity index (χ2n) is 4.97. The molecular weight excluding hydrogens is 238 g/mol. The smallest absolute Gasteiger partial charge is 0.129 e. The summed E-state index contributed by atoms with van der Waals surface area (Å²) in [7, 11) is 1.62. The van der Waals surface area contributed by atoms with Gasteiger partial charge in [0.05, 0.1) is 5.60 Å². The predicted molar refractivity (Wildman–Crippen MR) is 66.9 cm³/mol. The van der Waals surface area contributed by atoms with Crippen molar-refractivity contribution in [1.82, 2.24) is 5.43 Å². The SMILES string of the molecule is COC(C)(C)CC(Cc1ccc(F)cc1F)NN. The van der Waals surface area contributed by atoms with Crippen LogP contribution >= 0.6 is 0 Å². The Kier molecular flexibility index (Phi) is 5.19. The lowest BCUT2D eigenvalue weighted by atomic mass is 9.94. The van der Waals surface area contributed by atoms with Gasteiger partial charge in [0.1, 0.15) is 11.6 Å². The summed E-state index contributed by atoms with van der Waals surface area (Å²) in [5, 5.41) is 0. The summed E-state index contributed by atoms with van der Waals surface area (Å²) in [6, 6.07) is 3.42. The van der Waals surface area contributed by atoms with E-state index in [9.17, 15) is 8.78 Å². The van der Waals surface area contributed by atoms with E-state index in [0.29, 0.717) is 18.4 Å². The molecule has 102 valence electrons. The van der Waals surface area contributed by atoms with E-state index in [1.807, 2.05) is 13.8 Å². The Labute approximate surface area is 106 Å². The van der Waals surface area contributed by atoms with Crippen LogP contribution in [-0.4, -0.2) is 18.8 Å². The molecule has 3 N–H and O–H groups in total. The zero-order valence-electron chi connectivity index (χ0n) is 11.0. The van der Waals surface area contributed by atoms with Gasteiger partial charge >= 0.3 is 0 Å². The molecule has 1 aromatic rings. The highest BCUT2D eigenvalue weighted by Crippen LogP contribution is 2.19. The number of hydrogen-bond donors (Lipinski definition) is 2. The van der Waals surface area contributed by atoms with E-state index in [2.05, 4.69) is 5.43 Å². The van der Waals surface area contributed by atoms with E-state index in [4.69, 9.17) is 10.6 Å². The van der Waals surface area contributed by atoms with Gasteiger partial charge in [0.2, 0.25) is 0 Å². The monoisotopic (exact) mass is 258 g/mol. The molecule has 0 fully saturated rings. The first-order valence-electron chi connectivity index (χ1n) is 5.83. The fraction of sp³-hybridized carbons (Fsp3) is 0.538. The van der Waals surface area contributed by atoms with E-state index < -0.39 is 11.6 Å². The van der Waals surface area contributed by atoms with Crippen LogP contribution < -0.4 is 11.3 Å². The Morgan fingerprint density at radius 3 is 2.56 bits per heavy atom. The molecule has 0 saturated carbocycles. The fourth-order valence-corrected chi connectivity index (χ4v) is 1.82. The summed E-state index contributed by atoms with van der Waals surface area (Å²) < 4.78 is 31.6. The van der Waals surface area contributed by atoms with Gasteiger partial charge < -0.3 is 4.74 Å².